The number of likely N-dealkylation sites (tertiary alicyclic amines) is 1. The van der Waals surface area contributed by atoms with Gasteiger partial charge in [-0.3, -0.25) is 9.79 Å². The third-order valence-electron chi connectivity index (χ3n) is 6.21. The molecule has 0 aromatic rings. The Morgan fingerprint density at radius 3 is 2.63 bits per heavy atom. The van der Waals surface area contributed by atoms with Crippen molar-refractivity contribution in [2.75, 3.05) is 39.8 Å². The van der Waals surface area contributed by atoms with Crippen molar-refractivity contribution in [3.8, 4) is 0 Å². The first-order chi connectivity index (χ1) is 13.0. The molecule has 2 rings (SSSR count). The van der Waals surface area contributed by atoms with E-state index >= 15 is 0 Å². The average molecular weight is 380 g/mol. The van der Waals surface area contributed by atoms with Gasteiger partial charge in [-0.25, -0.2) is 0 Å². The van der Waals surface area contributed by atoms with Crippen LogP contribution in [-0.2, 0) is 4.79 Å². The minimum Gasteiger partial charge on any atom is -0.357 e. The van der Waals surface area contributed by atoms with Crippen molar-refractivity contribution in [1.29, 1.82) is 0 Å². The van der Waals surface area contributed by atoms with Gasteiger partial charge in [0.15, 0.2) is 5.96 Å². The molecule has 0 aromatic heterocycles. The van der Waals surface area contributed by atoms with Crippen LogP contribution in [0.5, 0.6) is 0 Å². The van der Waals surface area contributed by atoms with E-state index in [4.69, 9.17) is 4.99 Å². The molecule has 1 aliphatic carbocycles. The molecule has 2 unspecified atom stereocenters. The van der Waals surface area contributed by atoms with Crippen LogP contribution in [0.3, 0.4) is 0 Å². The molecular weight excluding hydrogens is 338 g/mol. The molecule has 1 amide bonds. The molecule has 0 bridgehead atoms. The van der Waals surface area contributed by atoms with E-state index in [1.807, 2.05) is 0 Å². The lowest BCUT2D eigenvalue weighted by atomic mass is 9.88. The predicted molar refractivity (Wildman–Crippen MR) is 113 cm³/mol. The highest BCUT2D eigenvalue weighted by Gasteiger charge is 2.31. The number of carbonyl (C=O) groups excluding carboxylic acids is 1. The molecule has 2 N–H and O–H groups in total. The van der Waals surface area contributed by atoms with Gasteiger partial charge in [-0.05, 0) is 46.6 Å². The first-order valence-corrected chi connectivity index (χ1v) is 11.1. The number of guanidine groups is 1. The van der Waals surface area contributed by atoms with E-state index in [0.29, 0.717) is 18.0 Å². The highest BCUT2D eigenvalue weighted by molar-refractivity contribution is 5.81. The van der Waals surface area contributed by atoms with E-state index in [1.165, 1.54) is 19.3 Å². The van der Waals surface area contributed by atoms with Crippen LogP contribution in [0, 0.1) is 5.92 Å². The molecule has 6 heteroatoms. The predicted octanol–water partition coefficient (Wildman–Crippen LogP) is 2.45. The Kier molecular flexibility index (Phi) is 9.39. The number of carbonyl (C=O) groups is 1. The summed E-state index contributed by atoms with van der Waals surface area (Å²) in [6, 6.07) is 0.896. The van der Waals surface area contributed by atoms with Crippen molar-refractivity contribution in [3.63, 3.8) is 0 Å². The minimum atomic E-state index is 0.274. The van der Waals surface area contributed by atoms with Gasteiger partial charge >= 0.3 is 0 Å². The molecular formula is C21H41N5O. The lowest BCUT2D eigenvalue weighted by molar-refractivity contribution is -0.135. The monoisotopic (exact) mass is 379 g/mol. The van der Waals surface area contributed by atoms with Gasteiger partial charge in [0.1, 0.15) is 0 Å². The number of hydrogen-bond acceptors (Lipinski definition) is 3. The zero-order valence-corrected chi connectivity index (χ0v) is 18.0. The second-order valence-corrected chi connectivity index (χ2v) is 8.25. The van der Waals surface area contributed by atoms with Crippen molar-refractivity contribution in [2.45, 2.75) is 77.8 Å². The second-order valence-electron chi connectivity index (χ2n) is 8.25. The molecule has 156 valence electrons. The maximum atomic E-state index is 12.7. The van der Waals surface area contributed by atoms with Crippen LogP contribution in [0.25, 0.3) is 0 Å². The fourth-order valence-electron chi connectivity index (χ4n) is 4.05. The van der Waals surface area contributed by atoms with Gasteiger partial charge in [-0.15, -0.1) is 0 Å². The summed E-state index contributed by atoms with van der Waals surface area (Å²) in [5, 5.41) is 6.90. The van der Waals surface area contributed by atoms with Gasteiger partial charge in [-0.2, -0.15) is 0 Å². The van der Waals surface area contributed by atoms with Crippen LogP contribution in [0.1, 0.15) is 65.7 Å². The Balaban J connectivity index is 1.80. The number of nitrogens with zero attached hydrogens (tertiary/aromatic N) is 3. The Morgan fingerprint density at radius 1 is 1.22 bits per heavy atom. The Morgan fingerprint density at radius 2 is 1.96 bits per heavy atom. The number of aliphatic imine (C=N–C) groups is 1. The van der Waals surface area contributed by atoms with Crippen molar-refractivity contribution >= 4 is 11.9 Å². The molecule has 2 atom stereocenters. The lowest BCUT2D eigenvalue weighted by Crippen LogP contribution is -2.46. The standard InChI is InChI=1S/C21H41N5O/c1-5-17(3)25(4)15-13-23-21(22-6-2)24-19-12-14-26(16-19)20(27)18-10-8-7-9-11-18/h17-19H,5-16H2,1-4H3,(H2,22,23,24). The van der Waals surface area contributed by atoms with Gasteiger partial charge in [0.05, 0.1) is 6.54 Å². The summed E-state index contributed by atoms with van der Waals surface area (Å²) in [6.07, 6.45) is 8.06. The summed E-state index contributed by atoms with van der Waals surface area (Å²) >= 11 is 0. The maximum absolute atomic E-state index is 12.7. The summed E-state index contributed by atoms with van der Waals surface area (Å²) in [7, 11) is 2.16. The van der Waals surface area contributed by atoms with Gasteiger partial charge < -0.3 is 20.4 Å². The number of likely N-dealkylation sites (N-methyl/N-ethyl adjacent to an activating group) is 1. The van der Waals surface area contributed by atoms with Crippen LogP contribution < -0.4 is 10.6 Å². The van der Waals surface area contributed by atoms with Crippen molar-refractivity contribution in [1.82, 2.24) is 20.4 Å². The van der Waals surface area contributed by atoms with E-state index in [2.05, 4.69) is 48.3 Å². The molecule has 1 saturated carbocycles. The van der Waals surface area contributed by atoms with Crippen LogP contribution in [0.4, 0.5) is 0 Å². The number of hydrogen-bond donors (Lipinski definition) is 2. The summed E-state index contributed by atoms with van der Waals surface area (Å²) in [5.41, 5.74) is 0. The third kappa shape index (κ3) is 6.98. The van der Waals surface area contributed by atoms with E-state index < -0.39 is 0 Å². The SMILES string of the molecule is CCNC(=NCCN(C)C(C)CC)NC1CCN(C(=O)C2CCCCC2)C1. The number of rotatable bonds is 8. The van der Waals surface area contributed by atoms with E-state index in [9.17, 15) is 4.79 Å². The molecule has 6 nitrogen and oxygen atoms in total. The smallest absolute Gasteiger partial charge is 0.225 e. The summed E-state index contributed by atoms with van der Waals surface area (Å²) in [5.74, 6) is 1.54. The van der Waals surface area contributed by atoms with Crippen molar-refractivity contribution < 1.29 is 4.79 Å². The van der Waals surface area contributed by atoms with E-state index in [0.717, 1.165) is 64.4 Å². The van der Waals surface area contributed by atoms with Crippen LogP contribution in [0.2, 0.25) is 0 Å². The topological polar surface area (TPSA) is 60.0 Å². The van der Waals surface area contributed by atoms with Crippen molar-refractivity contribution in [2.24, 2.45) is 10.9 Å². The quantitative estimate of drug-likeness (QED) is 0.502. The first-order valence-electron chi connectivity index (χ1n) is 11.1. The zero-order chi connectivity index (χ0) is 19.6. The van der Waals surface area contributed by atoms with Crippen LogP contribution >= 0.6 is 0 Å². The highest BCUT2D eigenvalue weighted by Crippen LogP contribution is 2.26. The molecule has 27 heavy (non-hydrogen) atoms. The van der Waals surface area contributed by atoms with Gasteiger partial charge in [0.2, 0.25) is 5.91 Å². The van der Waals surface area contributed by atoms with Crippen LogP contribution in [0.15, 0.2) is 4.99 Å². The normalized spacial score (nSPS) is 22.9. The Labute approximate surface area is 166 Å². The Bertz CT molecular complexity index is 475. The minimum absolute atomic E-state index is 0.274. The highest BCUT2D eigenvalue weighted by atomic mass is 16.2. The summed E-state index contributed by atoms with van der Waals surface area (Å²) in [4.78, 5) is 21.9. The third-order valence-corrected chi connectivity index (χ3v) is 6.21. The largest absolute Gasteiger partial charge is 0.357 e. The zero-order valence-electron chi connectivity index (χ0n) is 18.0. The fraction of sp³-hybridized carbons (Fsp3) is 0.905. The summed E-state index contributed by atoms with van der Waals surface area (Å²) < 4.78 is 0. The van der Waals surface area contributed by atoms with Gasteiger partial charge in [-0.1, -0.05) is 26.2 Å². The van der Waals surface area contributed by atoms with Gasteiger partial charge in [0.25, 0.3) is 0 Å². The molecule has 0 radical (unpaired) electrons. The van der Waals surface area contributed by atoms with Crippen LogP contribution in [-0.4, -0.2) is 73.5 Å². The van der Waals surface area contributed by atoms with E-state index in [-0.39, 0.29) is 5.92 Å². The molecule has 2 fully saturated rings. The van der Waals surface area contributed by atoms with Gasteiger partial charge in [0, 0.05) is 44.2 Å². The lowest BCUT2D eigenvalue weighted by Gasteiger charge is -2.26. The Hall–Kier alpha value is -1.30. The molecule has 1 saturated heterocycles. The number of amides is 1. The first kappa shape index (κ1) is 22.0. The molecule has 2 aliphatic rings. The molecule has 1 aliphatic heterocycles. The fourth-order valence-corrected chi connectivity index (χ4v) is 4.05. The molecule has 1 heterocycles. The summed E-state index contributed by atoms with van der Waals surface area (Å²) in [6.45, 7) is 10.9. The number of nitrogens with one attached hydrogen (secondary N) is 2. The van der Waals surface area contributed by atoms with E-state index in [1.54, 1.807) is 0 Å². The maximum Gasteiger partial charge on any atom is 0.225 e. The molecule has 0 spiro atoms. The second kappa shape index (κ2) is 11.5. The average Bonchev–Trinajstić information content (AvgIpc) is 3.15. The molecule has 0 aromatic carbocycles. The van der Waals surface area contributed by atoms with Crippen molar-refractivity contribution in [3.05, 3.63) is 0 Å².